The van der Waals surface area contributed by atoms with Gasteiger partial charge in [-0.1, -0.05) is 13.8 Å². The van der Waals surface area contributed by atoms with Gasteiger partial charge in [0.1, 0.15) is 6.04 Å². The van der Waals surface area contributed by atoms with Gasteiger partial charge < -0.3 is 5.11 Å². The van der Waals surface area contributed by atoms with Gasteiger partial charge in [-0.25, -0.2) is 8.42 Å². The van der Waals surface area contributed by atoms with Crippen molar-refractivity contribution in [2.24, 2.45) is 5.41 Å². The number of sulfone groups is 1. The van der Waals surface area contributed by atoms with E-state index < -0.39 is 27.1 Å². The van der Waals surface area contributed by atoms with Crippen molar-refractivity contribution >= 4 is 15.8 Å². The van der Waals surface area contributed by atoms with E-state index in [-0.39, 0.29) is 11.2 Å². The maximum absolute atomic E-state index is 11.8. The van der Waals surface area contributed by atoms with Crippen LogP contribution < -0.4 is 0 Å². The summed E-state index contributed by atoms with van der Waals surface area (Å²) >= 11 is 0. The van der Waals surface area contributed by atoms with E-state index in [0.717, 1.165) is 12.8 Å². The predicted molar refractivity (Wildman–Crippen MR) is 74.9 cm³/mol. The van der Waals surface area contributed by atoms with Crippen molar-refractivity contribution in [2.75, 3.05) is 18.8 Å². The van der Waals surface area contributed by atoms with Crippen LogP contribution in [0.5, 0.6) is 0 Å². The highest BCUT2D eigenvalue weighted by molar-refractivity contribution is 7.92. The fourth-order valence-electron chi connectivity index (χ4n) is 2.71. The topological polar surface area (TPSA) is 74.7 Å². The molecule has 1 unspecified atom stereocenters. The minimum absolute atomic E-state index is 0.0323. The van der Waals surface area contributed by atoms with E-state index in [1.807, 2.05) is 18.7 Å². The normalized spacial score (nSPS) is 24.6. The summed E-state index contributed by atoms with van der Waals surface area (Å²) in [6.45, 7) is 8.16. The first-order chi connectivity index (χ1) is 8.58. The SMILES string of the molecule is CC(C)S(=O)(=O)CCN1CCCC(C)(C)C1C(=O)O. The molecule has 0 amide bonds. The number of nitrogens with zero attached hydrogens (tertiary/aromatic N) is 1. The van der Waals surface area contributed by atoms with Crippen molar-refractivity contribution in [3.8, 4) is 0 Å². The zero-order valence-electron chi connectivity index (χ0n) is 12.2. The Labute approximate surface area is 115 Å². The molecule has 1 rings (SSSR count). The summed E-state index contributed by atoms with van der Waals surface area (Å²) in [5, 5.41) is 8.98. The molecule has 112 valence electrons. The Morgan fingerprint density at radius 1 is 1.42 bits per heavy atom. The van der Waals surface area contributed by atoms with Crippen molar-refractivity contribution in [3.05, 3.63) is 0 Å². The standard InChI is InChI=1S/C13H25NO4S/c1-10(2)19(17,18)9-8-14-7-5-6-13(3,4)11(14)12(15)16/h10-11H,5-9H2,1-4H3,(H,15,16). The molecular weight excluding hydrogens is 266 g/mol. The molecule has 1 aliphatic rings. The second-order valence-electron chi connectivity index (χ2n) is 6.28. The number of hydrogen-bond donors (Lipinski definition) is 1. The zero-order chi connectivity index (χ0) is 14.8. The van der Waals surface area contributed by atoms with Crippen LogP contribution in [0, 0.1) is 5.41 Å². The number of likely N-dealkylation sites (tertiary alicyclic amines) is 1. The minimum atomic E-state index is -3.12. The maximum Gasteiger partial charge on any atom is 0.321 e. The van der Waals surface area contributed by atoms with E-state index in [1.54, 1.807) is 13.8 Å². The van der Waals surface area contributed by atoms with Gasteiger partial charge in [0, 0.05) is 6.54 Å². The van der Waals surface area contributed by atoms with Crippen LogP contribution in [0.1, 0.15) is 40.5 Å². The van der Waals surface area contributed by atoms with Crippen molar-refractivity contribution in [1.29, 1.82) is 0 Å². The van der Waals surface area contributed by atoms with Gasteiger partial charge in [-0.05, 0) is 38.6 Å². The van der Waals surface area contributed by atoms with Gasteiger partial charge in [-0.3, -0.25) is 9.69 Å². The highest BCUT2D eigenvalue weighted by Gasteiger charge is 2.42. The smallest absolute Gasteiger partial charge is 0.321 e. The van der Waals surface area contributed by atoms with Gasteiger partial charge in [0.25, 0.3) is 0 Å². The molecule has 1 aliphatic heterocycles. The second-order valence-corrected chi connectivity index (χ2v) is 8.96. The molecule has 0 aromatic rings. The Kier molecular flexibility index (Phi) is 5.01. The number of rotatable bonds is 5. The van der Waals surface area contributed by atoms with Crippen LogP contribution in [-0.4, -0.2) is 54.5 Å². The molecule has 0 spiro atoms. The summed E-state index contributed by atoms with van der Waals surface area (Å²) in [5.74, 6) is -0.823. The number of hydrogen-bond acceptors (Lipinski definition) is 4. The van der Waals surface area contributed by atoms with Gasteiger partial charge in [0.05, 0.1) is 11.0 Å². The molecule has 0 radical (unpaired) electrons. The zero-order valence-corrected chi connectivity index (χ0v) is 13.0. The molecule has 1 saturated heterocycles. The Morgan fingerprint density at radius 2 is 2.00 bits per heavy atom. The molecular formula is C13H25NO4S. The lowest BCUT2D eigenvalue weighted by molar-refractivity contribution is -0.150. The summed E-state index contributed by atoms with van der Waals surface area (Å²) in [5.41, 5.74) is -0.314. The third-order valence-electron chi connectivity index (χ3n) is 3.99. The van der Waals surface area contributed by atoms with Gasteiger partial charge in [-0.15, -0.1) is 0 Å². The van der Waals surface area contributed by atoms with E-state index in [2.05, 4.69) is 0 Å². The monoisotopic (exact) mass is 291 g/mol. The number of carboxylic acid groups (broad SMARTS) is 1. The second kappa shape index (κ2) is 5.79. The average molecular weight is 291 g/mol. The lowest BCUT2D eigenvalue weighted by Crippen LogP contribution is -2.55. The Bertz CT molecular complexity index is 428. The molecule has 0 aromatic carbocycles. The third-order valence-corrected chi connectivity index (χ3v) is 6.18. The molecule has 1 fully saturated rings. The highest BCUT2D eigenvalue weighted by Crippen LogP contribution is 2.35. The lowest BCUT2D eigenvalue weighted by atomic mass is 9.76. The van der Waals surface area contributed by atoms with E-state index in [1.165, 1.54) is 0 Å². The first-order valence-corrected chi connectivity index (χ1v) is 8.48. The van der Waals surface area contributed by atoms with Gasteiger partial charge >= 0.3 is 5.97 Å². The predicted octanol–water partition coefficient (Wildman–Crippen LogP) is 1.38. The number of aliphatic carboxylic acids is 1. The highest BCUT2D eigenvalue weighted by atomic mass is 32.2. The van der Waals surface area contributed by atoms with Gasteiger partial charge in [-0.2, -0.15) is 0 Å². The van der Waals surface area contributed by atoms with Crippen LogP contribution in [0.3, 0.4) is 0 Å². The molecule has 1 heterocycles. The first-order valence-electron chi connectivity index (χ1n) is 6.76. The first kappa shape index (κ1) is 16.4. The molecule has 1 atom stereocenters. The van der Waals surface area contributed by atoms with Crippen molar-refractivity contribution < 1.29 is 18.3 Å². The van der Waals surface area contributed by atoms with Crippen molar-refractivity contribution in [1.82, 2.24) is 4.90 Å². The van der Waals surface area contributed by atoms with Crippen LogP contribution in [0.25, 0.3) is 0 Å². The fraction of sp³-hybridized carbons (Fsp3) is 0.923. The Hall–Kier alpha value is -0.620. The summed E-state index contributed by atoms with van der Waals surface area (Å²) in [7, 11) is -3.12. The molecule has 19 heavy (non-hydrogen) atoms. The third kappa shape index (κ3) is 3.92. The minimum Gasteiger partial charge on any atom is -0.480 e. The van der Waals surface area contributed by atoms with Crippen molar-refractivity contribution in [3.63, 3.8) is 0 Å². The Morgan fingerprint density at radius 3 is 2.47 bits per heavy atom. The molecule has 0 aliphatic carbocycles. The lowest BCUT2D eigenvalue weighted by Gasteiger charge is -2.44. The van der Waals surface area contributed by atoms with Crippen LogP contribution in [0.4, 0.5) is 0 Å². The average Bonchev–Trinajstić information content (AvgIpc) is 2.24. The maximum atomic E-state index is 11.8. The van der Waals surface area contributed by atoms with Gasteiger partial charge in [0.15, 0.2) is 9.84 Å². The number of carboxylic acids is 1. The van der Waals surface area contributed by atoms with Crippen LogP contribution in [0.2, 0.25) is 0 Å². The van der Waals surface area contributed by atoms with Crippen molar-refractivity contribution in [2.45, 2.75) is 51.8 Å². The van der Waals surface area contributed by atoms with Crippen LogP contribution in [-0.2, 0) is 14.6 Å². The summed E-state index contributed by atoms with van der Waals surface area (Å²) in [6, 6.07) is -0.594. The molecule has 1 N–H and O–H groups in total. The Balaban J connectivity index is 2.79. The summed E-state index contributed by atoms with van der Waals surface area (Å²) in [6.07, 6.45) is 1.77. The quantitative estimate of drug-likeness (QED) is 0.828. The largest absolute Gasteiger partial charge is 0.480 e. The van der Waals surface area contributed by atoms with Gasteiger partial charge in [0.2, 0.25) is 0 Å². The number of carbonyl (C=O) groups is 1. The number of piperidine rings is 1. The van der Waals surface area contributed by atoms with Crippen LogP contribution in [0.15, 0.2) is 0 Å². The summed E-state index contributed by atoms with van der Waals surface area (Å²) < 4.78 is 23.7. The van der Waals surface area contributed by atoms with E-state index in [9.17, 15) is 18.3 Å². The summed E-state index contributed by atoms with van der Waals surface area (Å²) in [4.78, 5) is 13.3. The van der Waals surface area contributed by atoms with E-state index >= 15 is 0 Å². The van der Waals surface area contributed by atoms with E-state index in [4.69, 9.17) is 0 Å². The van der Waals surface area contributed by atoms with E-state index in [0.29, 0.717) is 13.1 Å². The molecule has 6 heteroatoms. The molecule has 5 nitrogen and oxygen atoms in total. The fourth-order valence-corrected chi connectivity index (χ4v) is 3.67. The van der Waals surface area contributed by atoms with Crippen LogP contribution >= 0.6 is 0 Å². The molecule has 0 aromatic heterocycles. The molecule has 0 saturated carbocycles. The molecule has 0 bridgehead atoms.